The minimum Gasteiger partial charge on any atom is -0.497 e. The molecule has 170 valence electrons. The van der Waals surface area contributed by atoms with Gasteiger partial charge in [-0.25, -0.2) is 0 Å². The fourth-order valence-corrected chi connectivity index (χ4v) is 5.19. The third-order valence-electron chi connectivity index (χ3n) is 6.13. The molecular formula is C24H30N4O3S. The number of benzene rings is 1. The van der Waals surface area contributed by atoms with Gasteiger partial charge in [0.1, 0.15) is 11.5 Å². The number of nitrogens with zero attached hydrogens (tertiary/aromatic N) is 4. The number of methoxy groups -OCH3 is 1. The Labute approximate surface area is 193 Å². The van der Waals surface area contributed by atoms with Gasteiger partial charge in [0.15, 0.2) is 11.0 Å². The molecule has 0 spiro atoms. The molecule has 8 heteroatoms. The summed E-state index contributed by atoms with van der Waals surface area (Å²) in [6.07, 6.45) is 6.37. The number of carbonyl (C=O) groups excluding carboxylic acids is 1. The first kappa shape index (κ1) is 22.5. The number of aromatic nitrogens is 3. The first-order valence-corrected chi connectivity index (χ1v) is 12.0. The van der Waals surface area contributed by atoms with E-state index in [2.05, 4.69) is 21.7 Å². The number of hydrogen-bond donors (Lipinski definition) is 0. The lowest BCUT2D eigenvalue weighted by molar-refractivity contribution is -0.127. The molecule has 2 aromatic heterocycles. The zero-order valence-electron chi connectivity index (χ0n) is 18.9. The van der Waals surface area contributed by atoms with Crippen molar-refractivity contribution < 1.29 is 13.9 Å². The van der Waals surface area contributed by atoms with Gasteiger partial charge in [-0.15, -0.1) is 10.2 Å². The van der Waals surface area contributed by atoms with E-state index in [1.165, 1.54) is 31.0 Å². The molecular weight excluding hydrogens is 424 g/mol. The number of rotatable bonds is 8. The van der Waals surface area contributed by atoms with Crippen LogP contribution in [0.5, 0.6) is 5.75 Å². The SMILES string of the molecule is COc1ccc(-c2nnc(SCC(=O)N(C)Cc3ccco3)n2C2CCCCC2C)cc1. The van der Waals surface area contributed by atoms with Crippen LogP contribution in [0.2, 0.25) is 0 Å². The zero-order valence-corrected chi connectivity index (χ0v) is 19.7. The molecule has 4 rings (SSSR count). The van der Waals surface area contributed by atoms with Gasteiger partial charge in [0.05, 0.1) is 25.7 Å². The Bertz CT molecular complexity index is 1020. The lowest BCUT2D eigenvalue weighted by Gasteiger charge is -2.31. The van der Waals surface area contributed by atoms with Gasteiger partial charge in [-0.2, -0.15) is 0 Å². The molecule has 0 radical (unpaired) electrons. The van der Waals surface area contributed by atoms with Gasteiger partial charge >= 0.3 is 0 Å². The largest absolute Gasteiger partial charge is 0.497 e. The van der Waals surface area contributed by atoms with Crippen LogP contribution in [0.3, 0.4) is 0 Å². The second-order valence-corrected chi connectivity index (χ2v) is 9.29. The van der Waals surface area contributed by atoms with Crippen molar-refractivity contribution in [1.82, 2.24) is 19.7 Å². The first-order valence-electron chi connectivity index (χ1n) is 11.0. The highest BCUT2D eigenvalue weighted by molar-refractivity contribution is 7.99. The summed E-state index contributed by atoms with van der Waals surface area (Å²) in [6.45, 7) is 2.76. The third kappa shape index (κ3) is 5.01. The average Bonchev–Trinajstić information content (AvgIpc) is 3.48. The Morgan fingerprint density at radius 2 is 2.00 bits per heavy atom. The molecule has 32 heavy (non-hydrogen) atoms. The summed E-state index contributed by atoms with van der Waals surface area (Å²) in [5.41, 5.74) is 1.00. The van der Waals surface area contributed by atoms with E-state index in [0.29, 0.717) is 24.3 Å². The van der Waals surface area contributed by atoms with E-state index in [0.717, 1.165) is 34.5 Å². The molecule has 2 atom stereocenters. The summed E-state index contributed by atoms with van der Waals surface area (Å²) < 4.78 is 12.9. The van der Waals surface area contributed by atoms with Crippen LogP contribution in [0, 0.1) is 5.92 Å². The molecule has 1 amide bonds. The topological polar surface area (TPSA) is 73.4 Å². The maximum atomic E-state index is 12.7. The predicted octanol–water partition coefficient (Wildman–Crippen LogP) is 5.05. The maximum Gasteiger partial charge on any atom is 0.233 e. The van der Waals surface area contributed by atoms with Gasteiger partial charge in [0, 0.05) is 18.7 Å². The summed E-state index contributed by atoms with van der Waals surface area (Å²) in [4.78, 5) is 14.4. The van der Waals surface area contributed by atoms with Crippen molar-refractivity contribution in [1.29, 1.82) is 0 Å². The lowest BCUT2D eigenvalue weighted by atomic mass is 9.85. The molecule has 0 N–H and O–H groups in total. The van der Waals surface area contributed by atoms with E-state index in [-0.39, 0.29) is 5.91 Å². The van der Waals surface area contributed by atoms with Crippen LogP contribution in [0.4, 0.5) is 0 Å². The van der Waals surface area contributed by atoms with Crippen molar-refractivity contribution in [2.75, 3.05) is 19.9 Å². The Morgan fingerprint density at radius 3 is 2.69 bits per heavy atom. The smallest absolute Gasteiger partial charge is 0.233 e. The molecule has 1 aliphatic rings. The van der Waals surface area contributed by atoms with Crippen LogP contribution in [0.25, 0.3) is 11.4 Å². The maximum absolute atomic E-state index is 12.7. The van der Waals surface area contributed by atoms with Crippen LogP contribution in [-0.2, 0) is 11.3 Å². The summed E-state index contributed by atoms with van der Waals surface area (Å²) in [7, 11) is 3.46. The number of ether oxygens (including phenoxy) is 1. The molecule has 1 fully saturated rings. The highest BCUT2D eigenvalue weighted by atomic mass is 32.2. The van der Waals surface area contributed by atoms with Crippen molar-refractivity contribution in [2.45, 2.75) is 50.4 Å². The highest BCUT2D eigenvalue weighted by Crippen LogP contribution is 2.39. The minimum atomic E-state index is 0.0311. The van der Waals surface area contributed by atoms with E-state index in [4.69, 9.17) is 9.15 Å². The van der Waals surface area contributed by atoms with E-state index in [1.54, 1.807) is 25.3 Å². The minimum absolute atomic E-state index is 0.0311. The molecule has 0 bridgehead atoms. The van der Waals surface area contributed by atoms with Gasteiger partial charge in [0.25, 0.3) is 0 Å². The van der Waals surface area contributed by atoms with Gasteiger partial charge in [0.2, 0.25) is 5.91 Å². The number of carbonyl (C=O) groups is 1. The monoisotopic (exact) mass is 454 g/mol. The van der Waals surface area contributed by atoms with Crippen molar-refractivity contribution >= 4 is 17.7 Å². The summed E-state index contributed by atoms with van der Waals surface area (Å²) in [5.74, 6) is 3.30. The molecule has 7 nitrogen and oxygen atoms in total. The molecule has 1 aromatic carbocycles. The summed E-state index contributed by atoms with van der Waals surface area (Å²) in [5, 5.41) is 9.85. The zero-order chi connectivity index (χ0) is 22.5. The average molecular weight is 455 g/mol. The van der Waals surface area contributed by atoms with Crippen molar-refractivity contribution in [2.24, 2.45) is 5.92 Å². The Balaban J connectivity index is 1.55. The highest BCUT2D eigenvalue weighted by Gasteiger charge is 2.29. The number of hydrogen-bond acceptors (Lipinski definition) is 6. The normalized spacial score (nSPS) is 18.5. The van der Waals surface area contributed by atoms with Gasteiger partial charge < -0.3 is 14.1 Å². The van der Waals surface area contributed by atoms with Crippen LogP contribution in [0.15, 0.2) is 52.2 Å². The predicted molar refractivity (Wildman–Crippen MR) is 125 cm³/mol. The van der Waals surface area contributed by atoms with Gasteiger partial charge in [-0.3, -0.25) is 9.36 Å². The van der Waals surface area contributed by atoms with E-state index < -0.39 is 0 Å². The quantitative estimate of drug-likeness (QED) is 0.444. The Morgan fingerprint density at radius 1 is 1.22 bits per heavy atom. The van der Waals surface area contributed by atoms with Crippen LogP contribution in [-0.4, -0.2) is 45.5 Å². The molecule has 0 saturated heterocycles. The number of amides is 1. The van der Waals surface area contributed by atoms with Crippen LogP contribution < -0.4 is 4.74 Å². The Hall–Kier alpha value is -2.74. The summed E-state index contributed by atoms with van der Waals surface area (Å²) >= 11 is 1.46. The molecule has 0 aliphatic heterocycles. The van der Waals surface area contributed by atoms with E-state index in [9.17, 15) is 4.79 Å². The second kappa shape index (κ2) is 10.3. The fraction of sp³-hybridized carbons (Fsp3) is 0.458. The molecule has 2 heterocycles. The molecule has 1 aliphatic carbocycles. The first-order chi connectivity index (χ1) is 15.6. The molecule has 1 saturated carbocycles. The third-order valence-corrected chi connectivity index (χ3v) is 7.06. The van der Waals surface area contributed by atoms with Gasteiger partial charge in [-0.05, 0) is 55.2 Å². The van der Waals surface area contributed by atoms with Crippen LogP contribution >= 0.6 is 11.8 Å². The number of furan rings is 1. The van der Waals surface area contributed by atoms with Crippen LogP contribution in [0.1, 0.15) is 44.4 Å². The number of thioether (sulfide) groups is 1. The van der Waals surface area contributed by atoms with E-state index in [1.807, 2.05) is 36.4 Å². The Kier molecular flexibility index (Phi) is 7.19. The second-order valence-electron chi connectivity index (χ2n) is 8.35. The van der Waals surface area contributed by atoms with E-state index >= 15 is 0 Å². The van der Waals surface area contributed by atoms with Gasteiger partial charge in [-0.1, -0.05) is 31.5 Å². The standard InChI is InChI=1S/C24H30N4O3S/c1-17-7-4-5-9-21(17)28-23(18-10-12-19(30-3)13-11-18)25-26-24(28)32-16-22(29)27(2)15-20-8-6-14-31-20/h6,8,10-14,17,21H,4-5,7,9,15-16H2,1-3H3. The molecule has 2 unspecified atom stereocenters. The molecule has 3 aromatic rings. The van der Waals surface area contributed by atoms with Crippen molar-refractivity contribution in [3.63, 3.8) is 0 Å². The van der Waals surface area contributed by atoms with Crippen molar-refractivity contribution in [3.05, 3.63) is 48.4 Å². The lowest BCUT2D eigenvalue weighted by Crippen LogP contribution is -2.28. The fourth-order valence-electron chi connectivity index (χ4n) is 4.25. The van der Waals surface area contributed by atoms with Crippen molar-refractivity contribution in [3.8, 4) is 17.1 Å². The summed E-state index contributed by atoms with van der Waals surface area (Å²) in [6, 6.07) is 12.0.